The van der Waals surface area contributed by atoms with Crippen molar-refractivity contribution in [3.05, 3.63) is 28.8 Å². The lowest BCUT2D eigenvalue weighted by molar-refractivity contribution is 0.135. The lowest BCUT2D eigenvalue weighted by Crippen LogP contribution is -2.34. The Bertz CT molecular complexity index is 596. The summed E-state index contributed by atoms with van der Waals surface area (Å²) in [6.07, 6.45) is 0. The van der Waals surface area contributed by atoms with E-state index in [1.54, 1.807) is 6.92 Å². The van der Waals surface area contributed by atoms with Crippen molar-refractivity contribution in [2.45, 2.75) is 18.7 Å². The van der Waals surface area contributed by atoms with E-state index in [-0.39, 0.29) is 22.0 Å². The highest BCUT2D eigenvalue weighted by atomic mass is 35.5. The first-order valence-electron chi connectivity index (χ1n) is 6.24. The molecule has 0 saturated carbocycles. The van der Waals surface area contributed by atoms with E-state index in [0.29, 0.717) is 19.8 Å². The number of benzene rings is 1. The average Bonchev–Trinajstić information content (AvgIpc) is 2.43. The highest BCUT2D eigenvalue weighted by molar-refractivity contribution is 7.89. The van der Waals surface area contributed by atoms with Crippen LogP contribution in [0.1, 0.15) is 19.4 Å². The predicted molar refractivity (Wildman–Crippen MR) is 77.1 cm³/mol. The third-order valence-electron chi connectivity index (χ3n) is 2.72. The smallest absolute Gasteiger partial charge is 0.244 e. The second-order valence-corrected chi connectivity index (χ2v) is 6.26. The number of likely N-dealkylation sites (N-methyl/N-ethyl adjacent to an activating group) is 1. The van der Waals surface area contributed by atoms with Crippen LogP contribution in [0.3, 0.4) is 0 Å². The van der Waals surface area contributed by atoms with Crippen LogP contribution in [-0.2, 0) is 14.8 Å². The van der Waals surface area contributed by atoms with Gasteiger partial charge in [-0.2, -0.15) is 9.57 Å². The predicted octanol–water partition coefficient (Wildman–Crippen LogP) is 2.26. The summed E-state index contributed by atoms with van der Waals surface area (Å²) in [4.78, 5) is -0.0448. The van der Waals surface area contributed by atoms with Gasteiger partial charge in [-0.05, 0) is 25.1 Å². The molecule has 0 aliphatic heterocycles. The Morgan fingerprint density at radius 2 is 2.10 bits per heavy atom. The first kappa shape index (κ1) is 16.9. The van der Waals surface area contributed by atoms with Crippen LogP contribution in [0.15, 0.2) is 23.1 Å². The summed E-state index contributed by atoms with van der Waals surface area (Å²) in [6, 6.07) is 6.11. The van der Waals surface area contributed by atoms with Gasteiger partial charge in [0.2, 0.25) is 10.0 Å². The van der Waals surface area contributed by atoms with E-state index >= 15 is 0 Å². The monoisotopic (exact) mass is 316 g/mol. The SMILES string of the molecule is CCOCCN(CC)S(=O)(=O)c1cc(C#N)ccc1Cl. The van der Waals surface area contributed by atoms with Gasteiger partial charge in [-0.1, -0.05) is 18.5 Å². The van der Waals surface area contributed by atoms with Gasteiger partial charge in [0.1, 0.15) is 4.90 Å². The number of nitriles is 1. The van der Waals surface area contributed by atoms with Gasteiger partial charge in [0.25, 0.3) is 0 Å². The largest absolute Gasteiger partial charge is 0.380 e. The summed E-state index contributed by atoms with van der Waals surface area (Å²) in [5, 5.41) is 8.98. The molecule has 0 bridgehead atoms. The molecule has 0 unspecified atom stereocenters. The molecule has 0 N–H and O–H groups in total. The van der Waals surface area contributed by atoms with Crippen LogP contribution in [-0.4, -0.2) is 39.0 Å². The van der Waals surface area contributed by atoms with Gasteiger partial charge >= 0.3 is 0 Å². The van der Waals surface area contributed by atoms with Crippen molar-refractivity contribution < 1.29 is 13.2 Å². The molecule has 0 fully saturated rings. The van der Waals surface area contributed by atoms with E-state index in [4.69, 9.17) is 21.6 Å². The Balaban J connectivity index is 3.11. The van der Waals surface area contributed by atoms with E-state index in [2.05, 4.69) is 0 Å². The molecule has 110 valence electrons. The van der Waals surface area contributed by atoms with E-state index < -0.39 is 10.0 Å². The number of sulfonamides is 1. The standard InChI is InChI=1S/C13H17ClN2O3S/c1-3-16(7-8-19-4-2)20(17,18)13-9-11(10-15)5-6-12(13)14/h5-6,9H,3-4,7-8H2,1-2H3. The Hall–Kier alpha value is -1.13. The number of nitrogens with zero attached hydrogens (tertiary/aromatic N) is 2. The molecule has 1 aromatic rings. The minimum absolute atomic E-state index is 0.0448. The summed E-state index contributed by atoms with van der Waals surface area (Å²) >= 11 is 5.95. The van der Waals surface area contributed by atoms with Crippen molar-refractivity contribution in [3.8, 4) is 6.07 Å². The van der Waals surface area contributed by atoms with Crippen molar-refractivity contribution in [3.63, 3.8) is 0 Å². The summed E-state index contributed by atoms with van der Waals surface area (Å²) in [5.41, 5.74) is 0.258. The quantitative estimate of drug-likeness (QED) is 0.723. The molecule has 0 aliphatic carbocycles. The molecule has 0 amide bonds. The van der Waals surface area contributed by atoms with Crippen molar-refractivity contribution >= 4 is 21.6 Å². The zero-order chi connectivity index (χ0) is 15.2. The van der Waals surface area contributed by atoms with Crippen molar-refractivity contribution in [2.75, 3.05) is 26.3 Å². The molecule has 0 aliphatic rings. The minimum Gasteiger partial charge on any atom is -0.380 e. The molecule has 0 aromatic heterocycles. The maximum absolute atomic E-state index is 12.5. The summed E-state index contributed by atoms with van der Waals surface area (Å²) in [7, 11) is -3.72. The molecular formula is C13H17ClN2O3S. The van der Waals surface area contributed by atoms with Crippen LogP contribution in [0.5, 0.6) is 0 Å². The second-order valence-electron chi connectivity index (χ2n) is 3.95. The number of hydrogen-bond acceptors (Lipinski definition) is 4. The maximum atomic E-state index is 12.5. The molecule has 20 heavy (non-hydrogen) atoms. The van der Waals surface area contributed by atoms with Crippen LogP contribution in [0.2, 0.25) is 5.02 Å². The lowest BCUT2D eigenvalue weighted by Gasteiger charge is -2.21. The van der Waals surface area contributed by atoms with Gasteiger partial charge in [-0.25, -0.2) is 8.42 Å². The van der Waals surface area contributed by atoms with E-state index in [1.165, 1.54) is 22.5 Å². The summed E-state index contributed by atoms with van der Waals surface area (Å²) in [6.45, 7) is 4.99. The van der Waals surface area contributed by atoms with Gasteiger partial charge in [0.15, 0.2) is 0 Å². The highest BCUT2D eigenvalue weighted by Crippen LogP contribution is 2.25. The number of hydrogen-bond donors (Lipinski definition) is 0. The van der Waals surface area contributed by atoms with E-state index in [1.807, 2.05) is 13.0 Å². The maximum Gasteiger partial charge on any atom is 0.244 e. The lowest BCUT2D eigenvalue weighted by atomic mass is 10.2. The van der Waals surface area contributed by atoms with Gasteiger partial charge in [0.05, 0.1) is 23.3 Å². The van der Waals surface area contributed by atoms with Crippen LogP contribution < -0.4 is 0 Å². The normalized spacial score (nSPS) is 11.6. The summed E-state index contributed by atoms with van der Waals surface area (Å²) in [5.74, 6) is 0. The Morgan fingerprint density at radius 1 is 1.40 bits per heavy atom. The molecule has 7 heteroatoms. The molecule has 0 spiro atoms. The minimum atomic E-state index is -3.72. The first-order valence-corrected chi connectivity index (χ1v) is 8.06. The van der Waals surface area contributed by atoms with Crippen LogP contribution in [0.4, 0.5) is 0 Å². The molecule has 1 rings (SSSR count). The fourth-order valence-corrected chi connectivity index (χ4v) is 3.60. The van der Waals surface area contributed by atoms with Crippen molar-refractivity contribution in [1.82, 2.24) is 4.31 Å². The zero-order valence-corrected chi connectivity index (χ0v) is 13.0. The Kier molecular flexibility index (Phi) is 6.43. The van der Waals surface area contributed by atoms with Crippen molar-refractivity contribution in [1.29, 1.82) is 5.26 Å². The summed E-state index contributed by atoms with van der Waals surface area (Å²) < 4.78 is 31.5. The first-order chi connectivity index (χ1) is 9.47. The number of ether oxygens (including phenoxy) is 1. The van der Waals surface area contributed by atoms with Crippen molar-refractivity contribution in [2.24, 2.45) is 0 Å². The fraction of sp³-hybridized carbons (Fsp3) is 0.462. The molecular weight excluding hydrogens is 300 g/mol. The van der Waals surface area contributed by atoms with Crippen LogP contribution >= 0.6 is 11.6 Å². The average molecular weight is 317 g/mol. The van der Waals surface area contributed by atoms with Gasteiger partial charge in [-0.15, -0.1) is 0 Å². The molecule has 0 radical (unpaired) electrons. The third kappa shape index (κ3) is 3.93. The van der Waals surface area contributed by atoms with Crippen LogP contribution in [0.25, 0.3) is 0 Å². The molecule has 1 aromatic carbocycles. The highest BCUT2D eigenvalue weighted by Gasteiger charge is 2.25. The second kappa shape index (κ2) is 7.60. The fourth-order valence-electron chi connectivity index (χ4n) is 1.67. The van der Waals surface area contributed by atoms with Gasteiger partial charge in [-0.3, -0.25) is 0 Å². The number of rotatable bonds is 7. The molecule has 0 saturated heterocycles. The molecule has 5 nitrogen and oxygen atoms in total. The van der Waals surface area contributed by atoms with Crippen LogP contribution in [0, 0.1) is 11.3 Å². The zero-order valence-electron chi connectivity index (χ0n) is 11.5. The van der Waals surface area contributed by atoms with Gasteiger partial charge < -0.3 is 4.74 Å². The third-order valence-corrected chi connectivity index (χ3v) is 5.18. The molecule has 0 heterocycles. The Labute approximate surface area is 124 Å². The van der Waals surface area contributed by atoms with E-state index in [0.717, 1.165) is 0 Å². The van der Waals surface area contributed by atoms with E-state index in [9.17, 15) is 8.42 Å². The molecule has 0 atom stereocenters. The van der Waals surface area contributed by atoms with Gasteiger partial charge in [0, 0.05) is 19.7 Å². The topological polar surface area (TPSA) is 70.4 Å². The number of halogens is 1. The Morgan fingerprint density at radius 3 is 2.65 bits per heavy atom.